The molecular formula is C13H19N3S. The number of aryl methyl sites for hydroxylation is 2. The van der Waals surface area contributed by atoms with Gasteiger partial charge in [0, 0.05) is 30.1 Å². The van der Waals surface area contributed by atoms with Gasteiger partial charge in [-0.3, -0.25) is 9.30 Å². The maximum atomic E-state index is 4.78. The van der Waals surface area contributed by atoms with Crippen molar-refractivity contribution in [2.45, 2.75) is 40.2 Å². The molecule has 0 fully saturated rings. The first-order valence-corrected chi connectivity index (χ1v) is 7.21. The second-order valence-electron chi connectivity index (χ2n) is 4.89. The lowest BCUT2D eigenvalue weighted by Gasteiger charge is -2.26. The fourth-order valence-electron chi connectivity index (χ4n) is 2.68. The molecule has 3 heterocycles. The van der Waals surface area contributed by atoms with E-state index in [1.54, 1.807) is 0 Å². The highest BCUT2D eigenvalue weighted by molar-refractivity contribution is 7.17. The molecule has 2 aromatic rings. The lowest BCUT2D eigenvalue weighted by molar-refractivity contribution is 0.249. The Balaban J connectivity index is 2.06. The molecule has 3 rings (SSSR count). The molecule has 3 nitrogen and oxygen atoms in total. The quantitative estimate of drug-likeness (QED) is 0.816. The highest BCUT2D eigenvalue weighted by atomic mass is 32.1. The fourth-order valence-corrected chi connectivity index (χ4v) is 3.69. The Morgan fingerprint density at radius 2 is 2.18 bits per heavy atom. The van der Waals surface area contributed by atoms with Gasteiger partial charge in [-0.15, -0.1) is 11.3 Å². The Bertz CT molecular complexity index is 552. The monoisotopic (exact) mass is 249 g/mol. The number of imidazole rings is 1. The molecular weight excluding hydrogens is 230 g/mol. The van der Waals surface area contributed by atoms with Crippen LogP contribution in [0.5, 0.6) is 0 Å². The van der Waals surface area contributed by atoms with E-state index in [2.05, 4.69) is 30.1 Å². The lowest BCUT2D eigenvalue weighted by atomic mass is 10.1. The lowest BCUT2D eigenvalue weighted by Crippen LogP contribution is -2.31. The molecule has 0 spiro atoms. The van der Waals surface area contributed by atoms with Crippen molar-refractivity contribution in [1.82, 2.24) is 14.3 Å². The molecule has 92 valence electrons. The minimum atomic E-state index is 1.07. The topological polar surface area (TPSA) is 20.5 Å². The largest absolute Gasteiger partial charge is 0.297 e. The second kappa shape index (κ2) is 4.10. The minimum absolute atomic E-state index is 1.07. The van der Waals surface area contributed by atoms with Crippen LogP contribution >= 0.6 is 11.3 Å². The molecule has 0 saturated heterocycles. The predicted molar refractivity (Wildman–Crippen MR) is 71.8 cm³/mol. The standard InChI is InChI=1S/C13H19N3S/c1-4-6-15-7-5-11-12(8-15)16-9(2)10(3)17-13(16)14-11/h4-8H2,1-3H3. The van der Waals surface area contributed by atoms with Gasteiger partial charge in [0.1, 0.15) is 0 Å². The van der Waals surface area contributed by atoms with Crippen molar-refractivity contribution in [2.24, 2.45) is 0 Å². The zero-order valence-corrected chi connectivity index (χ0v) is 11.6. The van der Waals surface area contributed by atoms with Crippen LogP contribution in [-0.2, 0) is 13.0 Å². The van der Waals surface area contributed by atoms with Crippen LogP contribution in [0.15, 0.2) is 0 Å². The number of hydrogen-bond acceptors (Lipinski definition) is 3. The summed E-state index contributed by atoms with van der Waals surface area (Å²) >= 11 is 1.82. The van der Waals surface area contributed by atoms with Gasteiger partial charge >= 0.3 is 0 Å². The van der Waals surface area contributed by atoms with Crippen LogP contribution < -0.4 is 0 Å². The zero-order chi connectivity index (χ0) is 12.0. The summed E-state index contributed by atoms with van der Waals surface area (Å²) in [5.74, 6) is 0. The van der Waals surface area contributed by atoms with Gasteiger partial charge in [0.15, 0.2) is 4.96 Å². The summed E-state index contributed by atoms with van der Waals surface area (Å²) in [6.07, 6.45) is 2.35. The number of nitrogens with zero attached hydrogens (tertiary/aromatic N) is 3. The Labute approximate surface area is 106 Å². The van der Waals surface area contributed by atoms with E-state index in [1.807, 2.05) is 11.3 Å². The third-order valence-corrected chi connectivity index (χ3v) is 4.75. The van der Waals surface area contributed by atoms with Crippen LogP contribution in [0.2, 0.25) is 0 Å². The van der Waals surface area contributed by atoms with E-state index in [1.165, 1.54) is 46.4 Å². The first kappa shape index (κ1) is 11.2. The van der Waals surface area contributed by atoms with Gasteiger partial charge < -0.3 is 0 Å². The van der Waals surface area contributed by atoms with Crippen molar-refractivity contribution in [1.29, 1.82) is 0 Å². The highest BCUT2D eigenvalue weighted by Gasteiger charge is 2.23. The van der Waals surface area contributed by atoms with E-state index in [-0.39, 0.29) is 0 Å². The molecule has 17 heavy (non-hydrogen) atoms. The van der Waals surface area contributed by atoms with Crippen LogP contribution in [0.25, 0.3) is 4.96 Å². The Hall–Kier alpha value is -0.870. The van der Waals surface area contributed by atoms with Crippen molar-refractivity contribution < 1.29 is 0 Å². The Morgan fingerprint density at radius 1 is 1.35 bits per heavy atom. The Morgan fingerprint density at radius 3 is 2.94 bits per heavy atom. The number of aromatic nitrogens is 2. The predicted octanol–water partition coefficient (Wildman–Crippen LogP) is 2.78. The summed E-state index contributed by atoms with van der Waals surface area (Å²) in [6.45, 7) is 10.1. The maximum Gasteiger partial charge on any atom is 0.194 e. The number of fused-ring (bicyclic) bond motifs is 3. The molecule has 0 aromatic carbocycles. The fraction of sp³-hybridized carbons (Fsp3) is 0.615. The molecule has 0 unspecified atom stereocenters. The first-order chi connectivity index (χ1) is 8.20. The first-order valence-electron chi connectivity index (χ1n) is 6.39. The number of thiazole rings is 1. The summed E-state index contributed by atoms with van der Waals surface area (Å²) in [5, 5.41) is 0. The van der Waals surface area contributed by atoms with Gasteiger partial charge in [0.25, 0.3) is 0 Å². The molecule has 0 bridgehead atoms. The van der Waals surface area contributed by atoms with Crippen molar-refractivity contribution >= 4 is 16.3 Å². The van der Waals surface area contributed by atoms with Crippen LogP contribution in [0.4, 0.5) is 0 Å². The highest BCUT2D eigenvalue weighted by Crippen LogP contribution is 2.28. The summed E-state index contributed by atoms with van der Waals surface area (Å²) in [6, 6.07) is 0. The zero-order valence-electron chi connectivity index (χ0n) is 10.8. The molecule has 4 heteroatoms. The molecule has 0 amide bonds. The van der Waals surface area contributed by atoms with E-state index in [0.29, 0.717) is 0 Å². The Kier molecular flexibility index (Phi) is 2.71. The summed E-state index contributed by atoms with van der Waals surface area (Å²) in [7, 11) is 0. The average molecular weight is 249 g/mol. The molecule has 0 aliphatic carbocycles. The van der Waals surface area contributed by atoms with Gasteiger partial charge in [-0.05, 0) is 26.8 Å². The van der Waals surface area contributed by atoms with Gasteiger partial charge in [0.2, 0.25) is 0 Å². The van der Waals surface area contributed by atoms with Crippen molar-refractivity contribution in [3.63, 3.8) is 0 Å². The van der Waals surface area contributed by atoms with Crippen LogP contribution in [-0.4, -0.2) is 27.4 Å². The summed E-state index contributed by atoms with van der Waals surface area (Å²) in [5.41, 5.74) is 4.13. The minimum Gasteiger partial charge on any atom is -0.297 e. The van der Waals surface area contributed by atoms with E-state index < -0.39 is 0 Å². The molecule has 0 saturated carbocycles. The third-order valence-electron chi connectivity index (χ3n) is 3.69. The van der Waals surface area contributed by atoms with E-state index in [4.69, 9.17) is 4.98 Å². The smallest absolute Gasteiger partial charge is 0.194 e. The number of rotatable bonds is 2. The molecule has 0 atom stereocenters. The summed E-state index contributed by atoms with van der Waals surface area (Å²) < 4.78 is 2.37. The maximum absolute atomic E-state index is 4.78. The van der Waals surface area contributed by atoms with Gasteiger partial charge in [-0.25, -0.2) is 4.98 Å². The van der Waals surface area contributed by atoms with E-state index in [0.717, 1.165) is 13.0 Å². The van der Waals surface area contributed by atoms with Gasteiger partial charge in [0.05, 0.1) is 11.4 Å². The van der Waals surface area contributed by atoms with Crippen molar-refractivity contribution in [3.05, 3.63) is 22.0 Å². The van der Waals surface area contributed by atoms with Crippen molar-refractivity contribution in [3.8, 4) is 0 Å². The van der Waals surface area contributed by atoms with Crippen molar-refractivity contribution in [2.75, 3.05) is 13.1 Å². The normalized spacial score (nSPS) is 16.6. The van der Waals surface area contributed by atoms with Crippen LogP contribution in [0, 0.1) is 13.8 Å². The molecule has 2 aromatic heterocycles. The average Bonchev–Trinajstić information content (AvgIpc) is 2.78. The SMILES string of the molecule is CCCN1CCc2nc3sc(C)c(C)n3c2C1. The van der Waals surface area contributed by atoms with Gasteiger partial charge in [-0.1, -0.05) is 6.92 Å². The summed E-state index contributed by atoms with van der Waals surface area (Å²) in [4.78, 5) is 9.90. The molecule has 1 aliphatic rings. The van der Waals surface area contributed by atoms with Crippen LogP contribution in [0.1, 0.15) is 35.3 Å². The van der Waals surface area contributed by atoms with E-state index >= 15 is 0 Å². The van der Waals surface area contributed by atoms with Gasteiger partial charge in [-0.2, -0.15) is 0 Å². The molecule has 0 radical (unpaired) electrons. The number of hydrogen-bond donors (Lipinski definition) is 0. The molecule has 0 N–H and O–H groups in total. The third kappa shape index (κ3) is 1.70. The molecule has 1 aliphatic heterocycles. The van der Waals surface area contributed by atoms with E-state index in [9.17, 15) is 0 Å². The second-order valence-corrected chi connectivity index (χ2v) is 6.07. The van der Waals surface area contributed by atoms with Crippen LogP contribution in [0.3, 0.4) is 0 Å².